The number of aromatic nitrogens is 1. The van der Waals surface area contributed by atoms with Gasteiger partial charge in [-0.2, -0.15) is 0 Å². The first kappa shape index (κ1) is 39.9. The van der Waals surface area contributed by atoms with Gasteiger partial charge in [-0.05, 0) is 92.5 Å². The number of anilines is 1. The molecule has 2 aromatic carbocycles. The normalized spacial score (nSPS) is 39.8. The highest BCUT2D eigenvalue weighted by Crippen LogP contribution is 2.74. The smallest absolute Gasteiger partial charge is 0.344 e. The first-order chi connectivity index (χ1) is 28.7. The molecule has 5 aliphatic heterocycles. The number of hydrogen-bond acceptors (Lipinski definition) is 12. The Balaban J connectivity index is 1.28. The van der Waals surface area contributed by atoms with Gasteiger partial charge in [0.1, 0.15) is 11.2 Å². The molecule has 6 heterocycles. The van der Waals surface area contributed by atoms with Gasteiger partial charge in [0.05, 0.1) is 33.0 Å². The summed E-state index contributed by atoms with van der Waals surface area (Å²) < 4.78 is 24.2. The van der Waals surface area contributed by atoms with Crippen molar-refractivity contribution in [3.8, 4) is 5.75 Å². The molecule has 2 unspecified atom stereocenters. The number of methoxy groups -OCH3 is 3. The van der Waals surface area contributed by atoms with E-state index in [1.165, 1.54) is 21.1 Å². The summed E-state index contributed by atoms with van der Waals surface area (Å²) in [4.78, 5) is 53.7. The summed E-state index contributed by atoms with van der Waals surface area (Å²) in [5, 5.41) is 26.5. The number of esters is 3. The number of fused-ring (bicyclic) bond motifs is 8. The lowest BCUT2D eigenvalue weighted by molar-refractivity contribution is -0.245. The number of aromatic amines is 1. The molecule has 5 fully saturated rings. The molecule has 0 amide bonds. The zero-order valence-corrected chi connectivity index (χ0v) is 36.0. The maximum Gasteiger partial charge on any atom is 0.344 e. The molecule has 2 saturated carbocycles. The van der Waals surface area contributed by atoms with Crippen LogP contribution in [0.25, 0.3) is 10.9 Å². The van der Waals surface area contributed by atoms with Gasteiger partial charge in [0, 0.05) is 90.9 Å². The zero-order valence-electron chi connectivity index (χ0n) is 36.0. The predicted molar refractivity (Wildman–Crippen MR) is 223 cm³/mol. The van der Waals surface area contributed by atoms with Crippen LogP contribution in [-0.4, -0.2) is 133 Å². The number of likely N-dealkylation sites (N-methyl/N-ethyl adjacent to an activating group) is 1. The van der Waals surface area contributed by atoms with Gasteiger partial charge < -0.3 is 39.0 Å². The van der Waals surface area contributed by atoms with Crippen molar-refractivity contribution in [2.45, 2.75) is 106 Å². The Labute approximate surface area is 351 Å². The highest BCUT2D eigenvalue weighted by atomic mass is 16.6. The molecule has 1 spiro atoms. The Morgan fingerprint density at radius 3 is 2.40 bits per heavy atom. The van der Waals surface area contributed by atoms with Crippen molar-refractivity contribution in [1.82, 2.24) is 14.8 Å². The number of rotatable bonds is 7. The van der Waals surface area contributed by atoms with E-state index in [-0.39, 0.29) is 17.9 Å². The Morgan fingerprint density at radius 1 is 0.933 bits per heavy atom. The molecule has 13 heteroatoms. The fourth-order valence-electron chi connectivity index (χ4n) is 14.9. The highest BCUT2D eigenvalue weighted by molar-refractivity contribution is 5.95. The molecule has 2 bridgehead atoms. The number of carbonyl (C=O) groups is 3. The summed E-state index contributed by atoms with van der Waals surface area (Å²) in [6, 6.07) is 11.2. The number of nitrogens with zero attached hydrogens (tertiary/aromatic N) is 3. The van der Waals surface area contributed by atoms with Gasteiger partial charge in [0.2, 0.25) is 5.60 Å². The second kappa shape index (κ2) is 13.4. The Kier molecular flexibility index (Phi) is 8.93. The van der Waals surface area contributed by atoms with Crippen LogP contribution < -0.4 is 9.64 Å². The highest BCUT2D eigenvalue weighted by Gasteiger charge is 2.84. The quantitative estimate of drug-likeness (QED) is 0.233. The van der Waals surface area contributed by atoms with Crippen molar-refractivity contribution >= 4 is 34.5 Å². The van der Waals surface area contributed by atoms with Gasteiger partial charge in [-0.25, -0.2) is 4.79 Å². The van der Waals surface area contributed by atoms with Crippen LogP contribution >= 0.6 is 0 Å². The monoisotopic (exact) mass is 824 g/mol. The van der Waals surface area contributed by atoms with Crippen molar-refractivity contribution in [3.05, 3.63) is 58.8 Å². The number of benzene rings is 2. The van der Waals surface area contributed by atoms with Gasteiger partial charge in [-0.1, -0.05) is 32.0 Å². The molecule has 2 aliphatic carbocycles. The largest absolute Gasteiger partial charge is 0.496 e. The zero-order chi connectivity index (χ0) is 42.3. The SMILES string of the molecule is CC[C@]1(O)C[C@H]2CN(CCc3c([nH]c4ccccc34)C(C(=O)OC)(c3cc4c(cc3OC)N(C)[C@H]3[C@@](O)(C(=O)OC)[C@H](OC(C)=O)[C@]5(CC)[C@@H]6C[C@@H]6CN6CC[C@]43[C@@H]65)C2)C1. The number of carbonyl (C=O) groups excluding carboxylic acids is 3. The Morgan fingerprint density at radius 2 is 1.70 bits per heavy atom. The van der Waals surface area contributed by atoms with Crippen LogP contribution in [0, 0.1) is 23.2 Å². The molecule has 3 aromatic rings. The minimum atomic E-state index is -2.24. The number of aliphatic hydroxyl groups is 2. The average Bonchev–Trinajstić information content (AvgIpc) is 3.69. The molecule has 7 aliphatic rings. The predicted octanol–water partition coefficient (Wildman–Crippen LogP) is 4.07. The summed E-state index contributed by atoms with van der Waals surface area (Å²) in [5.41, 5.74) is -1.12. The number of piperidine rings is 2. The molecule has 13 nitrogen and oxygen atoms in total. The molecule has 3 N–H and O–H groups in total. The second-order valence-corrected chi connectivity index (χ2v) is 19.4. The summed E-state index contributed by atoms with van der Waals surface area (Å²) >= 11 is 0. The minimum Gasteiger partial charge on any atom is -0.496 e. The lowest BCUT2D eigenvalue weighted by atomic mass is 9.46. The molecule has 1 aromatic heterocycles. The van der Waals surface area contributed by atoms with Crippen molar-refractivity contribution in [2.75, 3.05) is 66.0 Å². The maximum absolute atomic E-state index is 15.4. The van der Waals surface area contributed by atoms with E-state index in [4.69, 9.17) is 18.9 Å². The van der Waals surface area contributed by atoms with Crippen LogP contribution in [0.1, 0.15) is 81.7 Å². The Bertz CT molecular complexity index is 2300. The van der Waals surface area contributed by atoms with E-state index < -0.39 is 57.5 Å². The summed E-state index contributed by atoms with van der Waals surface area (Å²) in [6.07, 6.45) is 3.08. The molecule has 322 valence electrons. The van der Waals surface area contributed by atoms with Gasteiger partial charge in [-0.3, -0.25) is 19.4 Å². The van der Waals surface area contributed by atoms with Crippen LogP contribution in [0.15, 0.2) is 36.4 Å². The minimum absolute atomic E-state index is 0.0878. The first-order valence-electron chi connectivity index (χ1n) is 22.0. The van der Waals surface area contributed by atoms with Gasteiger partial charge in [0.25, 0.3) is 0 Å². The van der Waals surface area contributed by atoms with Crippen molar-refractivity contribution in [3.63, 3.8) is 0 Å². The molecular formula is C47H60N4O9. The fourth-order valence-corrected chi connectivity index (χ4v) is 14.9. The number of nitrogens with one attached hydrogen (secondary N) is 1. The van der Waals surface area contributed by atoms with E-state index in [1.807, 2.05) is 43.1 Å². The molecule has 0 radical (unpaired) electrons. The van der Waals surface area contributed by atoms with E-state index in [9.17, 15) is 19.8 Å². The standard InChI is InChI=1S/C47H60N4O9/c1-8-43(55)21-27-22-46(41(53)58-6,37-30(14-16-50(23-27)25-43)29-12-10-11-13-34(29)48-37)33-19-32-35(20-36(33)57-5)49(4)39-45(32)15-17-51-24-28-18-31(28)44(9-2,38(45)51)40(60-26(3)52)47(39,56)42(54)59-7/h10-13,19-20,27-28,31,38-40,48,55-56H,8-9,14-18,21-25H2,1-7H3/t27-,28-,31-,38+,39-,40-,43+,44-,45-,46?,47+/m1/s1. The third kappa shape index (κ3) is 4.92. The van der Waals surface area contributed by atoms with Crippen LogP contribution in [0.5, 0.6) is 5.75 Å². The number of ether oxygens (including phenoxy) is 4. The third-order valence-electron chi connectivity index (χ3n) is 16.9. The number of hydrogen-bond donors (Lipinski definition) is 3. The van der Waals surface area contributed by atoms with Crippen molar-refractivity contribution < 1.29 is 43.5 Å². The fraction of sp³-hybridized carbons (Fsp3) is 0.638. The van der Waals surface area contributed by atoms with Crippen LogP contribution in [0.2, 0.25) is 0 Å². The van der Waals surface area contributed by atoms with E-state index in [1.54, 1.807) is 7.11 Å². The van der Waals surface area contributed by atoms with Crippen molar-refractivity contribution in [1.29, 1.82) is 0 Å². The van der Waals surface area contributed by atoms with Crippen LogP contribution in [0.4, 0.5) is 5.69 Å². The number of H-pyrrole nitrogens is 1. The van der Waals surface area contributed by atoms with E-state index in [2.05, 4.69) is 33.8 Å². The summed E-state index contributed by atoms with van der Waals surface area (Å²) in [5.74, 6) is -0.929. The van der Waals surface area contributed by atoms with Crippen LogP contribution in [-0.2, 0) is 45.8 Å². The van der Waals surface area contributed by atoms with E-state index in [0.717, 1.165) is 59.5 Å². The third-order valence-corrected chi connectivity index (χ3v) is 16.9. The summed E-state index contributed by atoms with van der Waals surface area (Å²) in [7, 11) is 6.25. The lowest BCUT2D eigenvalue weighted by Crippen LogP contribution is -2.82. The van der Waals surface area contributed by atoms with Gasteiger partial charge in [-0.15, -0.1) is 0 Å². The maximum atomic E-state index is 15.4. The average molecular weight is 825 g/mol. The lowest BCUT2D eigenvalue weighted by Gasteiger charge is -2.65. The summed E-state index contributed by atoms with van der Waals surface area (Å²) in [6.45, 7) is 9.10. The molecular weight excluding hydrogens is 765 g/mol. The molecule has 12 atom stereocenters. The molecule has 60 heavy (non-hydrogen) atoms. The van der Waals surface area contributed by atoms with E-state index >= 15 is 4.79 Å². The second-order valence-electron chi connectivity index (χ2n) is 19.4. The van der Waals surface area contributed by atoms with E-state index in [0.29, 0.717) is 68.8 Å². The van der Waals surface area contributed by atoms with Gasteiger partial charge >= 0.3 is 17.9 Å². The number of para-hydroxylation sites is 1. The Hall–Kier alpha value is -4.17. The van der Waals surface area contributed by atoms with Gasteiger partial charge in [0.15, 0.2) is 6.10 Å². The van der Waals surface area contributed by atoms with Crippen molar-refractivity contribution in [2.24, 2.45) is 23.2 Å². The van der Waals surface area contributed by atoms with Crippen LogP contribution in [0.3, 0.4) is 0 Å². The topological polar surface area (TPSA) is 154 Å². The molecule has 3 saturated heterocycles. The molecule has 10 rings (SSSR count). The first-order valence-corrected chi connectivity index (χ1v) is 22.0.